The number of rotatable bonds is 2. The molecule has 0 saturated carbocycles. The molecule has 0 amide bonds. The van der Waals surface area contributed by atoms with E-state index in [0.29, 0.717) is 0 Å². The summed E-state index contributed by atoms with van der Waals surface area (Å²) in [7, 11) is 0. The molecule has 0 aliphatic carbocycles. The largest absolute Gasteiger partial charge is 0.490 e. The molecule has 0 aliphatic rings. The van der Waals surface area contributed by atoms with Gasteiger partial charge >= 0.3 is 0 Å². The number of hydrogen-bond donors (Lipinski definition) is 0. The fourth-order valence-electron chi connectivity index (χ4n) is 1.11. The fourth-order valence-corrected chi connectivity index (χ4v) is 1.11. The third-order valence-corrected chi connectivity index (χ3v) is 1.61. The number of ether oxygens (including phenoxy) is 1. The van der Waals surface area contributed by atoms with E-state index in [0.717, 1.165) is 16.9 Å². The van der Waals surface area contributed by atoms with Crippen molar-refractivity contribution in [3.63, 3.8) is 0 Å². The molecule has 0 atom stereocenters. The van der Waals surface area contributed by atoms with E-state index in [1.54, 1.807) is 0 Å². The van der Waals surface area contributed by atoms with E-state index in [9.17, 15) is 0 Å². The second-order valence-corrected chi connectivity index (χ2v) is 3.27. The molecule has 66 valence electrons. The van der Waals surface area contributed by atoms with E-state index in [-0.39, 0.29) is 6.10 Å². The van der Waals surface area contributed by atoms with Gasteiger partial charge in [-0.2, -0.15) is 0 Å². The van der Waals surface area contributed by atoms with E-state index in [1.165, 1.54) is 0 Å². The average Bonchev–Trinajstić information content (AvgIpc) is 1.97. The van der Waals surface area contributed by atoms with Gasteiger partial charge in [0.25, 0.3) is 0 Å². The van der Waals surface area contributed by atoms with Gasteiger partial charge in [-0.1, -0.05) is 0 Å². The van der Waals surface area contributed by atoms with Crippen LogP contribution in [0.5, 0.6) is 5.75 Å². The summed E-state index contributed by atoms with van der Waals surface area (Å²) >= 11 is 0. The van der Waals surface area contributed by atoms with Crippen molar-refractivity contribution in [1.29, 1.82) is 0 Å². The van der Waals surface area contributed by atoms with E-state index in [2.05, 4.69) is 4.98 Å². The summed E-state index contributed by atoms with van der Waals surface area (Å²) in [6.07, 6.45) is 3.87. The minimum atomic E-state index is 0.227. The van der Waals surface area contributed by atoms with E-state index in [4.69, 9.17) is 4.74 Å². The Kier molecular flexibility index (Phi) is 2.69. The van der Waals surface area contributed by atoms with Crippen molar-refractivity contribution < 1.29 is 4.74 Å². The lowest BCUT2D eigenvalue weighted by Gasteiger charge is -2.13. The molecule has 2 nitrogen and oxygen atoms in total. The van der Waals surface area contributed by atoms with Crippen molar-refractivity contribution in [2.75, 3.05) is 0 Å². The van der Waals surface area contributed by atoms with Crippen LogP contribution in [0.25, 0.3) is 0 Å². The van der Waals surface area contributed by atoms with Crippen molar-refractivity contribution in [1.82, 2.24) is 4.98 Å². The Morgan fingerprint density at radius 1 is 1.17 bits per heavy atom. The Balaban J connectivity index is 2.96. The van der Waals surface area contributed by atoms with Crippen LogP contribution in [0, 0.1) is 13.8 Å². The molecule has 0 radical (unpaired) electrons. The number of pyridine rings is 1. The highest BCUT2D eigenvalue weighted by Gasteiger charge is 2.04. The maximum Gasteiger partial charge on any atom is 0.128 e. The molecule has 0 fully saturated rings. The van der Waals surface area contributed by atoms with Crippen LogP contribution >= 0.6 is 0 Å². The van der Waals surface area contributed by atoms with Gasteiger partial charge < -0.3 is 4.74 Å². The first-order valence-corrected chi connectivity index (χ1v) is 4.19. The van der Waals surface area contributed by atoms with Crippen LogP contribution in [0.1, 0.15) is 25.0 Å². The highest BCUT2D eigenvalue weighted by Crippen LogP contribution is 2.21. The molecule has 1 aromatic heterocycles. The summed E-state index contributed by atoms with van der Waals surface area (Å²) in [5.41, 5.74) is 2.20. The van der Waals surface area contributed by atoms with Crippen molar-refractivity contribution in [3.05, 3.63) is 23.5 Å². The zero-order valence-electron chi connectivity index (χ0n) is 8.09. The number of aromatic nitrogens is 1. The molecule has 1 aromatic rings. The Hall–Kier alpha value is -1.05. The lowest BCUT2D eigenvalue weighted by Crippen LogP contribution is -2.08. The lowest BCUT2D eigenvalue weighted by molar-refractivity contribution is 0.239. The van der Waals surface area contributed by atoms with Crippen LogP contribution < -0.4 is 4.74 Å². The van der Waals surface area contributed by atoms with Crippen LogP contribution in [0.3, 0.4) is 0 Å². The number of nitrogens with zero attached hydrogens (tertiary/aromatic N) is 1. The molecule has 0 unspecified atom stereocenters. The van der Waals surface area contributed by atoms with Gasteiger partial charge in [0.1, 0.15) is 5.75 Å². The van der Waals surface area contributed by atoms with Gasteiger partial charge in [-0.05, 0) is 27.7 Å². The molecule has 0 saturated heterocycles. The Morgan fingerprint density at radius 3 is 2.08 bits per heavy atom. The second-order valence-electron chi connectivity index (χ2n) is 3.27. The molecule has 1 heterocycles. The minimum Gasteiger partial charge on any atom is -0.490 e. The molecule has 0 aliphatic heterocycles. The van der Waals surface area contributed by atoms with Crippen LogP contribution in [0.15, 0.2) is 12.4 Å². The summed E-state index contributed by atoms with van der Waals surface area (Å²) < 4.78 is 5.64. The maximum atomic E-state index is 5.64. The summed E-state index contributed by atoms with van der Waals surface area (Å²) in [6, 6.07) is 0. The first kappa shape index (κ1) is 9.04. The molecule has 0 N–H and O–H groups in total. The zero-order chi connectivity index (χ0) is 9.14. The van der Waals surface area contributed by atoms with Gasteiger partial charge in [0.2, 0.25) is 0 Å². The van der Waals surface area contributed by atoms with Crippen molar-refractivity contribution in [2.45, 2.75) is 33.8 Å². The van der Waals surface area contributed by atoms with Crippen LogP contribution in [0.2, 0.25) is 0 Å². The van der Waals surface area contributed by atoms with Gasteiger partial charge in [0.15, 0.2) is 0 Å². The summed E-state index contributed by atoms with van der Waals surface area (Å²) in [5.74, 6) is 0.972. The van der Waals surface area contributed by atoms with E-state index in [1.807, 2.05) is 40.1 Å². The maximum absolute atomic E-state index is 5.64. The smallest absolute Gasteiger partial charge is 0.128 e. The van der Waals surface area contributed by atoms with Gasteiger partial charge in [0, 0.05) is 23.5 Å². The topological polar surface area (TPSA) is 22.1 Å². The third-order valence-electron chi connectivity index (χ3n) is 1.61. The molecular weight excluding hydrogens is 150 g/mol. The lowest BCUT2D eigenvalue weighted by atomic mass is 10.2. The summed E-state index contributed by atoms with van der Waals surface area (Å²) in [6.45, 7) is 8.08. The molecule has 0 spiro atoms. The summed E-state index contributed by atoms with van der Waals surface area (Å²) in [4.78, 5) is 4.07. The van der Waals surface area contributed by atoms with Gasteiger partial charge in [-0.25, -0.2) is 0 Å². The van der Waals surface area contributed by atoms with E-state index < -0.39 is 0 Å². The standard InChI is InChI=1S/C10H15NO/c1-7(2)12-10-8(3)5-11-6-9(10)4/h5-7H,1-4H3. The molecule has 0 aromatic carbocycles. The third kappa shape index (κ3) is 1.97. The first-order valence-electron chi connectivity index (χ1n) is 4.19. The number of hydrogen-bond acceptors (Lipinski definition) is 2. The minimum absolute atomic E-state index is 0.227. The van der Waals surface area contributed by atoms with Crippen molar-refractivity contribution in [2.24, 2.45) is 0 Å². The Morgan fingerprint density at radius 2 is 1.67 bits per heavy atom. The molecule has 2 heteroatoms. The van der Waals surface area contributed by atoms with Crippen LogP contribution in [-0.2, 0) is 0 Å². The predicted octanol–water partition coefficient (Wildman–Crippen LogP) is 2.49. The first-order chi connectivity index (χ1) is 5.61. The van der Waals surface area contributed by atoms with Crippen LogP contribution in [0.4, 0.5) is 0 Å². The fraction of sp³-hybridized carbons (Fsp3) is 0.500. The van der Waals surface area contributed by atoms with Gasteiger partial charge in [-0.15, -0.1) is 0 Å². The van der Waals surface area contributed by atoms with Gasteiger partial charge in [-0.3, -0.25) is 4.98 Å². The molecule has 12 heavy (non-hydrogen) atoms. The SMILES string of the molecule is Cc1cncc(C)c1OC(C)C. The quantitative estimate of drug-likeness (QED) is 0.671. The van der Waals surface area contributed by atoms with Crippen molar-refractivity contribution >= 4 is 0 Å². The number of aryl methyl sites for hydroxylation is 2. The highest BCUT2D eigenvalue weighted by molar-refractivity contribution is 5.36. The Bertz CT molecular complexity index is 248. The van der Waals surface area contributed by atoms with Crippen molar-refractivity contribution in [3.8, 4) is 5.75 Å². The zero-order valence-corrected chi connectivity index (χ0v) is 8.09. The summed E-state index contributed by atoms with van der Waals surface area (Å²) in [5, 5.41) is 0. The molecule has 0 bridgehead atoms. The average molecular weight is 165 g/mol. The second kappa shape index (κ2) is 3.57. The highest BCUT2D eigenvalue weighted by atomic mass is 16.5. The normalized spacial score (nSPS) is 10.4. The predicted molar refractivity (Wildman–Crippen MR) is 49.5 cm³/mol. The monoisotopic (exact) mass is 165 g/mol. The Labute approximate surface area is 73.6 Å². The molecule has 1 rings (SSSR count). The van der Waals surface area contributed by atoms with E-state index >= 15 is 0 Å². The van der Waals surface area contributed by atoms with Crippen LogP contribution in [-0.4, -0.2) is 11.1 Å². The molecular formula is C10H15NO. The van der Waals surface area contributed by atoms with Gasteiger partial charge in [0.05, 0.1) is 6.10 Å².